The molecule has 2 aromatic heterocycles. The quantitative estimate of drug-likeness (QED) is 0.211. The molecule has 1 aliphatic carbocycles. The normalized spacial score (nSPS) is 11.9. The molecule has 0 amide bonds. The van der Waals surface area contributed by atoms with Crippen LogP contribution in [0.5, 0.6) is 0 Å². The first-order chi connectivity index (χ1) is 19.7. The molecule has 0 saturated heterocycles. The molecule has 0 N–H and O–H groups in total. The van der Waals surface area contributed by atoms with Gasteiger partial charge in [0.1, 0.15) is 11.2 Å². The average Bonchev–Trinajstić information content (AvgIpc) is 3.64. The molecule has 192 valence electrons. The van der Waals surface area contributed by atoms with Crippen molar-refractivity contribution in [2.45, 2.75) is 0 Å². The molecule has 40 heavy (non-hydrogen) atoms. The van der Waals surface area contributed by atoms with Crippen molar-refractivity contribution in [2.75, 3.05) is 0 Å². The molecule has 0 bridgehead atoms. The van der Waals surface area contributed by atoms with Crippen molar-refractivity contribution in [1.29, 1.82) is 0 Å². The number of ketones is 1. The van der Waals surface area contributed by atoms with Crippen LogP contribution in [0.25, 0.3) is 55.8 Å². The van der Waals surface area contributed by atoms with Crippen LogP contribution < -0.4 is 9.75 Å². The molecule has 8 rings (SSSR count). The first-order valence-electron chi connectivity index (χ1n) is 13.0. The topological polar surface area (TPSA) is 30.2 Å². The van der Waals surface area contributed by atoms with Crippen LogP contribution in [0.3, 0.4) is 0 Å². The van der Waals surface area contributed by atoms with Gasteiger partial charge in [-0.1, -0.05) is 128 Å². The second kappa shape index (κ2) is 11.0. The lowest BCUT2D eigenvalue weighted by atomic mass is 10.1. The van der Waals surface area contributed by atoms with Crippen molar-refractivity contribution in [1.82, 2.24) is 0 Å². The average molecular weight is 535 g/mol. The number of hydrogen-bond acceptors (Lipinski definition) is 3. The van der Waals surface area contributed by atoms with Gasteiger partial charge < -0.3 is 4.42 Å². The van der Waals surface area contributed by atoms with Crippen LogP contribution in [0.2, 0.25) is 0 Å². The van der Waals surface area contributed by atoms with Crippen LogP contribution in [0.1, 0.15) is 15.9 Å². The Balaban J connectivity index is 0.000000109. The molecule has 3 heteroatoms. The summed E-state index contributed by atoms with van der Waals surface area (Å²) in [7, 11) is 0. The molecule has 2 heterocycles. The zero-order valence-corrected chi connectivity index (χ0v) is 22.7. The number of furan rings is 1. The van der Waals surface area contributed by atoms with E-state index in [2.05, 4.69) is 49.6 Å². The molecule has 0 aliphatic heterocycles. The third-order valence-corrected chi connectivity index (χ3v) is 7.96. The Morgan fingerprint density at radius 3 is 1.57 bits per heavy atom. The smallest absolute Gasteiger partial charge is 0.194 e. The minimum Gasteiger partial charge on any atom is -0.456 e. The lowest BCUT2D eigenvalue weighted by Crippen LogP contribution is -2.15. The van der Waals surface area contributed by atoms with Crippen molar-refractivity contribution in [3.05, 3.63) is 155 Å². The SMILES string of the molecule is C=C/C=c1\c(=C)sc2ccccc12.O=C1c2ccccc2-c2ccccc21.c1ccc2c(c1)oc1ccccc12. The molecule has 7 aromatic rings. The summed E-state index contributed by atoms with van der Waals surface area (Å²) in [5.41, 5.74) is 5.70. The lowest BCUT2D eigenvalue weighted by Gasteiger charge is -1.96. The highest BCUT2D eigenvalue weighted by molar-refractivity contribution is 7.17. The predicted octanol–water partition coefficient (Wildman–Crippen LogP) is 8.76. The number of fused-ring (bicyclic) bond motifs is 7. The van der Waals surface area contributed by atoms with E-state index in [0.717, 1.165) is 38.0 Å². The van der Waals surface area contributed by atoms with E-state index in [1.165, 1.54) is 26.1 Å². The Hall–Kier alpha value is -4.99. The van der Waals surface area contributed by atoms with E-state index in [0.29, 0.717) is 0 Å². The maximum atomic E-state index is 11.9. The molecular weight excluding hydrogens is 508 g/mol. The van der Waals surface area contributed by atoms with Crippen LogP contribution in [-0.4, -0.2) is 5.78 Å². The Morgan fingerprint density at radius 2 is 1.02 bits per heavy atom. The summed E-state index contributed by atoms with van der Waals surface area (Å²) in [4.78, 5) is 11.9. The highest BCUT2D eigenvalue weighted by Crippen LogP contribution is 2.35. The second-order valence-electron chi connectivity index (χ2n) is 9.35. The van der Waals surface area contributed by atoms with Gasteiger partial charge in [0.25, 0.3) is 0 Å². The van der Waals surface area contributed by atoms with Gasteiger partial charge >= 0.3 is 0 Å². The first kappa shape index (κ1) is 25.3. The van der Waals surface area contributed by atoms with Crippen LogP contribution in [0.4, 0.5) is 0 Å². The summed E-state index contributed by atoms with van der Waals surface area (Å²) in [6, 6.07) is 40.1. The fourth-order valence-corrected chi connectivity index (χ4v) is 6.06. The summed E-state index contributed by atoms with van der Waals surface area (Å²) >= 11 is 1.73. The molecule has 0 saturated carbocycles. The van der Waals surface area contributed by atoms with Gasteiger partial charge in [-0.3, -0.25) is 4.79 Å². The van der Waals surface area contributed by atoms with Gasteiger partial charge in [0, 0.05) is 36.5 Å². The molecule has 5 aromatic carbocycles. The van der Waals surface area contributed by atoms with E-state index in [1.807, 2.05) is 97.1 Å². The van der Waals surface area contributed by atoms with Crippen molar-refractivity contribution < 1.29 is 9.21 Å². The molecule has 0 unspecified atom stereocenters. The van der Waals surface area contributed by atoms with Gasteiger partial charge in [-0.15, -0.1) is 11.3 Å². The second-order valence-corrected chi connectivity index (χ2v) is 10.5. The Kier molecular flexibility index (Phi) is 6.96. The number of hydrogen-bond donors (Lipinski definition) is 0. The standard InChI is InChI=1S/C13H8O.C12H8O.C12H10S/c14-13-11-7-3-1-5-9(11)10-6-2-4-8-12(10)13;1-3-7-11-9(5-1)10-6-2-4-8-12(10)13-11;1-3-6-10-9(2)13-12-8-5-4-7-11(10)12/h1-8H;1-8H;3-8H,1-2H2/b;;10-6+. The van der Waals surface area contributed by atoms with E-state index in [1.54, 1.807) is 11.3 Å². The minimum atomic E-state index is 0.149. The summed E-state index contributed by atoms with van der Waals surface area (Å²) in [5, 5.41) is 4.86. The predicted molar refractivity (Wildman–Crippen MR) is 170 cm³/mol. The monoisotopic (exact) mass is 534 g/mol. The van der Waals surface area contributed by atoms with Crippen molar-refractivity contribution in [2.24, 2.45) is 0 Å². The first-order valence-corrected chi connectivity index (χ1v) is 13.9. The van der Waals surface area contributed by atoms with E-state index in [9.17, 15) is 4.79 Å². The Morgan fingerprint density at radius 1 is 0.575 bits per heavy atom. The number of rotatable bonds is 1. The van der Waals surface area contributed by atoms with Crippen molar-refractivity contribution in [3.8, 4) is 11.1 Å². The number of para-hydroxylation sites is 2. The Labute approximate surface area is 236 Å². The highest BCUT2D eigenvalue weighted by Gasteiger charge is 2.24. The van der Waals surface area contributed by atoms with E-state index < -0.39 is 0 Å². The summed E-state index contributed by atoms with van der Waals surface area (Å²) in [5.74, 6) is 0.149. The number of carbonyl (C=O) groups is 1. The molecular formula is C37H26O2S. The van der Waals surface area contributed by atoms with Crippen LogP contribution in [0.15, 0.2) is 138 Å². The van der Waals surface area contributed by atoms with Gasteiger partial charge in [0.05, 0.1) is 0 Å². The van der Waals surface area contributed by atoms with Crippen LogP contribution in [0, 0.1) is 0 Å². The molecule has 0 fully saturated rings. The van der Waals surface area contributed by atoms with Crippen LogP contribution in [-0.2, 0) is 0 Å². The molecule has 0 spiro atoms. The molecule has 1 aliphatic rings. The van der Waals surface area contributed by atoms with E-state index >= 15 is 0 Å². The maximum Gasteiger partial charge on any atom is 0.194 e. The number of carbonyl (C=O) groups excluding carboxylic acids is 1. The third-order valence-electron chi connectivity index (χ3n) is 6.91. The van der Waals surface area contributed by atoms with Gasteiger partial charge in [0.2, 0.25) is 0 Å². The van der Waals surface area contributed by atoms with Gasteiger partial charge in [-0.25, -0.2) is 0 Å². The highest BCUT2D eigenvalue weighted by atomic mass is 32.1. The summed E-state index contributed by atoms with van der Waals surface area (Å²) < 4.78 is 8.06. The van der Waals surface area contributed by atoms with E-state index in [4.69, 9.17) is 4.42 Å². The largest absolute Gasteiger partial charge is 0.456 e. The van der Waals surface area contributed by atoms with E-state index in [-0.39, 0.29) is 5.78 Å². The fraction of sp³-hybridized carbons (Fsp3) is 0. The zero-order valence-electron chi connectivity index (χ0n) is 21.8. The lowest BCUT2D eigenvalue weighted by molar-refractivity contribution is 0.104. The van der Waals surface area contributed by atoms with Gasteiger partial charge in [-0.05, 0) is 34.5 Å². The summed E-state index contributed by atoms with van der Waals surface area (Å²) in [6.45, 7) is 7.72. The number of thiophene rings is 1. The summed E-state index contributed by atoms with van der Waals surface area (Å²) in [6.07, 6.45) is 3.82. The number of allylic oxidation sites excluding steroid dienone is 1. The molecule has 0 atom stereocenters. The third kappa shape index (κ3) is 4.68. The molecule has 0 radical (unpaired) electrons. The van der Waals surface area contributed by atoms with Gasteiger partial charge in [-0.2, -0.15) is 0 Å². The number of benzene rings is 5. The van der Waals surface area contributed by atoms with Crippen molar-refractivity contribution in [3.63, 3.8) is 0 Å². The zero-order chi connectivity index (χ0) is 27.5. The molecule has 2 nitrogen and oxygen atoms in total. The Bertz CT molecular complexity index is 2030. The minimum absolute atomic E-state index is 0.149. The van der Waals surface area contributed by atoms with Crippen molar-refractivity contribution >= 4 is 61.8 Å². The van der Waals surface area contributed by atoms with Gasteiger partial charge in [0.15, 0.2) is 5.78 Å². The van der Waals surface area contributed by atoms with Crippen LogP contribution >= 0.6 is 11.3 Å². The fourth-order valence-electron chi connectivity index (χ4n) is 5.07. The maximum absolute atomic E-state index is 11.9.